The molecular weight excluding hydrogens is 400 g/mol. The molecule has 0 saturated carbocycles. The molecule has 0 bridgehead atoms. The SMILES string of the molecule is Cc1cccc(NC(=O)c2ccc(Cl)c(N3C(=O)C(C)(C)CS3(=O)=O)c2)c1C. The molecule has 6 nitrogen and oxygen atoms in total. The monoisotopic (exact) mass is 420 g/mol. The van der Waals surface area contributed by atoms with Crippen molar-refractivity contribution < 1.29 is 18.0 Å². The lowest BCUT2D eigenvalue weighted by Gasteiger charge is -2.19. The highest BCUT2D eigenvalue weighted by molar-refractivity contribution is 7.94. The Kier molecular flexibility index (Phi) is 5.02. The smallest absolute Gasteiger partial charge is 0.255 e. The Bertz CT molecular complexity index is 1090. The lowest BCUT2D eigenvalue weighted by atomic mass is 9.95. The fourth-order valence-electron chi connectivity index (χ4n) is 3.13. The van der Waals surface area contributed by atoms with Crippen molar-refractivity contribution in [2.45, 2.75) is 27.7 Å². The number of benzene rings is 2. The molecule has 148 valence electrons. The van der Waals surface area contributed by atoms with Crippen LogP contribution in [0.1, 0.15) is 35.3 Å². The topological polar surface area (TPSA) is 83.6 Å². The molecule has 3 rings (SSSR count). The fraction of sp³-hybridized carbons (Fsp3) is 0.300. The molecule has 8 heteroatoms. The first kappa shape index (κ1) is 20.4. The molecule has 1 aliphatic rings. The second-order valence-electron chi connectivity index (χ2n) is 7.58. The van der Waals surface area contributed by atoms with Gasteiger partial charge in [-0.1, -0.05) is 23.7 Å². The number of sulfonamides is 1. The van der Waals surface area contributed by atoms with Crippen LogP contribution in [-0.2, 0) is 14.8 Å². The molecule has 2 amide bonds. The van der Waals surface area contributed by atoms with Crippen molar-refractivity contribution in [3.63, 3.8) is 0 Å². The van der Waals surface area contributed by atoms with Crippen molar-refractivity contribution in [1.82, 2.24) is 0 Å². The quantitative estimate of drug-likeness (QED) is 0.815. The van der Waals surface area contributed by atoms with E-state index in [1.54, 1.807) is 19.9 Å². The number of aryl methyl sites for hydroxylation is 1. The fourth-order valence-corrected chi connectivity index (χ4v) is 5.50. The Hall–Kier alpha value is -2.38. The molecular formula is C20H21ClN2O4S. The highest BCUT2D eigenvalue weighted by Gasteiger charge is 2.50. The Labute approximate surface area is 169 Å². The van der Waals surface area contributed by atoms with Gasteiger partial charge in [-0.2, -0.15) is 0 Å². The number of halogens is 1. The summed E-state index contributed by atoms with van der Waals surface area (Å²) < 4.78 is 25.8. The van der Waals surface area contributed by atoms with E-state index in [1.807, 2.05) is 26.0 Å². The summed E-state index contributed by atoms with van der Waals surface area (Å²) in [5.74, 6) is -1.30. The van der Waals surface area contributed by atoms with Crippen molar-refractivity contribution >= 4 is 44.8 Å². The van der Waals surface area contributed by atoms with Crippen LogP contribution in [0.25, 0.3) is 0 Å². The van der Waals surface area contributed by atoms with Gasteiger partial charge >= 0.3 is 0 Å². The predicted octanol–water partition coefficient (Wildman–Crippen LogP) is 3.91. The predicted molar refractivity (Wildman–Crippen MR) is 110 cm³/mol. The van der Waals surface area contributed by atoms with E-state index in [0.29, 0.717) is 9.99 Å². The molecule has 2 aromatic carbocycles. The number of anilines is 2. The standard InChI is InChI=1S/C20H21ClN2O4S/c1-12-6-5-7-16(13(12)2)22-18(24)14-8-9-15(21)17(10-14)23-19(25)20(3,4)11-28(23,26)27/h5-10H,11H2,1-4H3,(H,22,24). The number of hydrogen-bond donors (Lipinski definition) is 1. The van der Waals surface area contributed by atoms with E-state index in [0.717, 1.165) is 11.1 Å². The molecule has 1 fully saturated rings. The third-order valence-electron chi connectivity index (χ3n) is 4.86. The van der Waals surface area contributed by atoms with Crippen LogP contribution in [0.5, 0.6) is 0 Å². The molecule has 1 heterocycles. The van der Waals surface area contributed by atoms with Crippen LogP contribution in [0.15, 0.2) is 36.4 Å². The van der Waals surface area contributed by atoms with Gasteiger partial charge in [0, 0.05) is 11.3 Å². The number of hydrogen-bond acceptors (Lipinski definition) is 4. The number of rotatable bonds is 3. The van der Waals surface area contributed by atoms with E-state index in [4.69, 9.17) is 11.6 Å². The molecule has 0 radical (unpaired) electrons. The molecule has 1 N–H and O–H groups in total. The minimum Gasteiger partial charge on any atom is -0.322 e. The van der Waals surface area contributed by atoms with E-state index in [1.165, 1.54) is 18.2 Å². The van der Waals surface area contributed by atoms with Crippen LogP contribution in [0.4, 0.5) is 11.4 Å². The minimum absolute atomic E-state index is 0.00847. The number of amides is 2. The summed E-state index contributed by atoms with van der Waals surface area (Å²) in [5.41, 5.74) is 1.76. The zero-order valence-corrected chi connectivity index (χ0v) is 17.6. The lowest BCUT2D eigenvalue weighted by Crippen LogP contribution is -2.33. The van der Waals surface area contributed by atoms with Crippen LogP contribution >= 0.6 is 11.6 Å². The maximum absolute atomic E-state index is 12.7. The molecule has 2 aromatic rings. The van der Waals surface area contributed by atoms with Gasteiger partial charge in [0.15, 0.2) is 0 Å². The molecule has 0 aliphatic carbocycles. The summed E-state index contributed by atoms with van der Waals surface area (Å²) in [6.45, 7) is 6.97. The summed E-state index contributed by atoms with van der Waals surface area (Å²) >= 11 is 6.18. The summed E-state index contributed by atoms with van der Waals surface area (Å²) in [4.78, 5) is 25.4. The van der Waals surface area contributed by atoms with Gasteiger partial charge in [0.1, 0.15) is 0 Å². The van der Waals surface area contributed by atoms with Crippen molar-refractivity contribution in [3.8, 4) is 0 Å². The Balaban J connectivity index is 1.99. The molecule has 1 saturated heterocycles. The molecule has 0 atom stereocenters. The zero-order valence-electron chi connectivity index (χ0n) is 16.0. The van der Waals surface area contributed by atoms with Gasteiger partial charge in [0.2, 0.25) is 15.9 Å². The van der Waals surface area contributed by atoms with E-state index in [2.05, 4.69) is 5.32 Å². The summed E-state index contributed by atoms with van der Waals surface area (Å²) in [6.07, 6.45) is 0. The first-order valence-electron chi connectivity index (χ1n) is 8.68. The Morgan fingerprint density at radius 1 is 1.18 bits per heavy atom. The van der Waals surface area contributed by atoms with Crippen LogP contribution in [0, 0.1) is 19.3 Å². The third kappa shape index (κ3) is 3.52. The highest BCUT2D eigenvalue weighted by Crippen LogP contribution is 2.39. The van der Waals surface area contributed by atoms with Gasteiger partial charge in [0.05, 0.1) is 21.9 Å². The maximum Gasteiger partial charge on any atom is 0.255 e. The Morgan fingerprint density at radius 2 is 1.86 bits per heavy atom. The molecule has 0 aromatic heterocycles. The average Bonchev–Trinajstić information content (AvgIpc) is 2.75. The van der Waals surface area contributed by atoms with E-state index < -0.39 is 27.3 Å². The van der Waals surface area contributed by atoms with Crippen molar-refractivity contribution in [2.75, 3.05) is 15.4 Å². The van der Waals surface area contributed by atoms with Crippen LogP contribution in [0.2, 0.25) is 5.02 Å². The molecule has 0 spiro atoms. The average molecular weight is 421 g/mol. The van der Waals surface area contributed by atoms with Gasteiger partial charge in [-0.05, 0) is 63.1 Å². The van der Waals surface area contributed by atoms with Gasteiger partial charge in [-0.15, -0.1) is 0 Å². The lowest BCUT2D eigenvalue weighted by molar-refractivity contribution is -0.123. The minimum atomic E-state index is -3.87. The number of carbonyl (C=O) groups is 2. The van der Waals surface area contributed by atoms with Crippen molar-refractivity contribution in [1.29, 1.82) is 0 Å². The number of carbonyl (C=O) groups excluding carboxylic acids is 2. The van der Waals surface area contributed by atoms with Crippen molar-refractivity contribution in [2.24, 2.45) is 5.41 Å². The molecule has 28 heavy (non-hydrogen) atoms. The van der Waals surface area contributed by atoms with E-state index in [-0.39, 0.29) is 22.0 Å². The maximum atomic E-state index is 12.7. The normalized spacial score (nSPS) is 17.6. The summed E-state index contributed by atoms with van der Waals surface area (Å²) in [6, 6.07) is 9.81. The van der Waals surface area contributed by atoms with Gasteiger partial charge in [-0.3, -0.25) is 9.59 Å². The number of nitrogens with zero attached hydrogens (tertiary/aromatic N) is 1. The molecule has 0 unspecified atom stereocenters. The van der Waals surface area contributed by atoms with E-state index in [9.17, 15) is 18.0 Å². The van der Waals surface area contributed by atoms with Crippen molar-refractivity contribution in [3.05, 3.63) is 58.1 Å². The number of nitrogens with one attached hydrogen (secondary N) is 1. The summed E-state index contributed by atoms with van der Waals surface area (Å²) in [5, 5.41) is 2.90. The first-order chi connectivity index (χ1) is 12.9. The van der Waals surface area contributed by atoms with Crippen LogP contribution in [0.3, 0.4) is 0 Å². The highest BCUT2D eigenvalue weighted by atomic mass is 35.5. The first-order valence-corrected chi connectivity index (χ1v) is 10.7. The van der Waals surface area contributed by atoms with Crippen LogP contribution < -0.4 is 9.62 Å². The summed E-state index contributed by atoms with van der Waals surface area (Å²) in [7, 11) is -3.87. The Morgan fingerprint density at radius 3 is 2.46 bits per heavy atom. The second-order valence-corrected chi connectivity index (χ2v) is 9.80. The van der Waals surface area contributed by atoms with Gasteiger partial charge in [-0.25, -0.2) is 12.7 Å². The van der Waals surface area contributed by atoms with Crippen LogP contribution in [-0.4, -0.2) is 26.0 Å². The van der Waals surface area contributed by atoms with Gasteiger partial charge in [0.25, 0.3) is 5.91 Å². The second kappa shape index (κ2) is 6.90. The molecule has 1 aliphatic heterocycles. The van der Waals surface area contributed by atoms with Gasteiger partial charge < -0.3 is 5.32 Å². The zero-order chi connectivity index (χ0) is 20.9. The largest absolute Gasteiger partial charge is 0.322 e. The van der Waals surface area contributed by atoms with E-state index >= 15 is 0 Å². The third-order valence-corrected chi connectivity index (χ3v) is 7.19.